The molecule has 0 bridgehead atoms. The van der Waals surface area contributed by atoms with Crippen molar-refractivity contribution in [2.75, 3.05) is 13.2 Å². The first-order valence-corrected chi connectivity index (χ1v) is 7.78. The van der Waals surface area contributed by atoms with E-state index in [1.54, 1.807) is 18.5 Å². The summed E-state index contributed by atoms with van der Waals surface area (Å²) in [5.74, 6) is 0.547. The van der Waals surface area contributed by atoms with Gasteiger partial charge in [0.05, 0.1) is 29.7 Å². The lowest BCUT2D eigenvalue weighted by molar-refractivity contribution is 0.0244. The highest BCUT2D eigenvalue weighted by Crippen LogP contribution is 2.33. The maximum absolute atomic E-state index is 9.08. The first-order valence-electron chi connectivity index (χ1n) is 7.78. The molecule has 1 fully saturated rings. The van der Waals surface area contributed by atoms with Gasteiger partial charge in [-0.1, -0.05) is 0 Å². The molecule has 120 valence electrons. The van der Waals surface area contributed by atoms with Gasteiger partial charge in [0.15, 0.2) is 0 Å². The van der Waals surface area contributed by atoms with E-state index in [-0.39, 0.29) is 6.10 Å². The Morgan fingerprint density at radius 3 is 3.00 bits per heavy atom. The van der Waals surface area contributed by atoms with Crippen LogP contribution in [0.1, 0.15) is 18.4 Å². The Hall–Kier alpha value is -2.98. The lowest BCUT2D eigenvalue weighted by atomic mass is 10.1. The minimum atomic E-state index is 0.0863. The molecule has 3 aromatic rings. The van der Waals surface area contributed by atoms with Gasteiger partial charge in [-0.25, -0.2) is 4.98 Å². The molecule has 4 rings (SSSR count). The molecule has 7 nitrogen and oxygen atoms in total. The van der Waals surface area contributed by atoms with Crippen molar-refractivity contribution in [2.45, 2.75) is 18.9 Å². The summed E-state index contributed by atoms with van der Waals surface area (Å²) in [7, 11) is 0. The van der Waals surface area contributed by atoms with Crippen molar-refractivity contribution in [3.05, 3.63) is 36.3 Å². The second-order valence-corrected chi connectivity index (χ2v) is 5.61. The van der Waals surface area contributed by atoms with Gasteiger partial charge in [-0.15, -0.1) is 0 Å². The van der Waals surface area contributed by atoms with Crippen LogP contribution in [0.25, 0.3) is 22.2 Å². The van der Waals surface area contributed by atoms with E-state index in [2.05, 4.69) is 26.2 Å². The first-order chi connectivity index (χ1) is 11.8. The number of ether oxygens (including phenoxy) is 2. The van der Waals surface area contributed by atoms with Crippen LogP contribution < -0.4 is 4.74 Å². The van der Waals surface area contributed by atoms with Crippen LogP contribution in [0.4, 0.5) is 0 Å². The molecule has 0 aromatic carbocycles. The van der Waals surface area contributed by atoms with E-state index in [1.807, 2.05) is 6.07 Å². The van der Waals surface area contributed by atoms with Crippen molar-refractivity contribution in [3.63, 3.8) is 0 Å². The fourth-order valence-electron chi connectivity index (χ4n) is 2.82. The predicted molar refractivity (Wildman–Crippen MR) is 86.3 cm³/mol. The average molecular weight is 321 g/mol. The van der Waals surface area contributed by atoms with Gasteiger partial charge in [-0.05, 0) is 12.1 Å². The molecule has 0 radical (unpaired) electrons. The molecule has 1 saturated heterocycles. The molecule has 0 unspecified atom stereocenters. The van der Waals surface area contributed by atoms with E-state index in [0.717, 1.165) is 29.3 Å². The van der Waals surface area contributed by atoms with Crippen LogP contribution in [0.3, 0.4) is 0 Å². The van der Waals surface area contributed by atoms with Gasteiger partial charge in [0.25, 0.3) is 0 Å². The Kier molecular flexibility index (Phi) is 3.81. The van der Waals surface area contributed by atoms with Gasteiger partial charge in [-0.3, -0.25) is 10.1 Å². The number of fused-ring (bicyclic) bond motifs is 1. The maximum Gasteiger partial charge on any atom is 0.225 e. The topological polar surface area (TPSA) is 96.7 Å². The summed E-state index contributed by atoms with van der Waals surface area (Å²) >= 11 is 0. The van der Waals surface area contributed by atoms with Crippen molar-refractivity contribution in [1.29, 1.82) is 5.26 Å². The third-order valence-electron chi connectivity index (χ3n) is 4.03. The van der Waals surface area contributed by atoms with Crippen LogP contribution in [0.2, 0.25) is 0 Å². The summed E-state index contributed by atoms with van der Waals surface area (Å²) in [5.41, 5.74) is 2.76. The van der Waals surface area contributed by atoms with Crippen molar-refractivity contribution < 1.29 is 9.47 Å². The summed E-state index contributed by atoms with van der Waals surface area (Å²) in [6.45, 7) is 1.40. The number of pyridine rings is 2. The predicted octanol–water partition coefficient (Wildman–Crippen LogP) is 2.45. The molecular weight excluding hydrogens is 306 g/mol. The molecule has 4 heterocycles. The molecule has 24 heavy (non-hydrogen) atoms. The smallest absolute Gasteiger partial charge is 0.225 e. The van der Waals surface area contributed by atoms with Gasteiger partial charge in [0.2, 0.25) is 5.88 Å². The minimum Gasteiger partial charge on any atom is -0.474 e. The normalized spacial score (nSPS) is 15.3. The van der Waals surface area contributed by atoms with E-state index in [9.17, 15) is 0 Å². The molecule has 1 aliphatic rings. The summed E-state index contributed by atoms with van der Waals surface area (Å²) in [4.78, 5) is 8.50. The third-order valence-corrected chi connectivity index (χ3v) is 4.03. The fraction of sp³-hybridized carbons (Fsp3) is 0.294. The third kappa shape index (κ3) is 2.68. The number of nitriles is 1. The number of nitrogens with zero attached hydrogens (tertiary/aromatic N) is 4. The zero-order valence-electron chi connectivity index (χ0n) is 12.9. The van der Waals surface area contributed by atoms with Gasteiger partial charge in [0.1, 0.15) is 17.9 Å². The van der Waals surface area contributed by atoms with Crippen molar-refractivity contribution >= 4 is 10.9 Å². The number of H-pyrrole nitrogens is 1. The van der Waals surface area contributed by atoms with Crippen molar-refractivity contribution in [1.82, 2.24) is 20.2 Å². The second kappa shape index (κ2) is 6.26. The van der Waals surface area contributed by atoms with Crippen molar-refractivity contribution in [3.8, 4) is 23.2 Å². The monoisotopic (exact) mass is 321 g/mol. The van der Waals surface area contributed by atoms with Crippen LogP contribution >= 0.6 is 0 Å². The molecule has 0 atom stereocenters. The molecular formula is C17H15N5O2. The Bertz CT molecular complexity index is 909. The minimum absolute atomic E-state index is 0.0863. The SMILES string of the molecule is N#Cc1cncc(-c2n[nH]c3ccnc(OC4CCOCC4)c23)c1. The van der Waals surface area contributed by atoms with Crippen LogP contribution in [-0.2, 0) is 4.74 Å². The van der Waals surface area contributed by atoms with Gasteiger partial charge < -0.3 is 9.47 Å². The summed E-state index contributed by atoms with van der Waals surface area (Å²) in [6, 6.07) is 5.71. The van der Waals surface area contributed by atoms with Crippen LogP contribution in [0.5, 0.6) is 5.88 Å². The molecule has 0 amide bonds. The average Bonchev–Trinajstić information content (AvgIpc) is 3.08. The quantitative estimate of drug-likeness (QED) is 0.796. The molecule has 1 N–H and O–H groups in total. The van der Waals surface area contributed by atoms with E-state index in [0.29, 0.717) is 30.4 Å². The van der Waals surface area contributed by atoms with E-state index in [4.69, 9.17) is 14.7 Å². The van der Waals surface area contributed by atoms with E-state index >= 15 is 0 Å². The summed E-state index contributed by atoms with van der Waals surface area (Å²) in [6.07, 6.45) is 6.68. The number of rotatable bonds is 3. The molecule has 3 aromatic heterocycles. The van der Waals surface area contributed by atoms with Crippen LogP contribution in [-0.4, -0.2) is 39.5 Å². The van der Waals surface area contributed by atoms with Gasteiger partial charge >= 0.3 is 0 Å². The fourth-order valence-corrected chi connectivity index (χ4v) is 2.82. The zero-order chi connectivity index (χ0) is 16.4. The molecule has 1 aliphatic heterocycles. The maximum atomic E-state index is 9.08. The highest BCUT2D eigenvalue weighted by atomic mass is 16.5. The lowest BCUT2D eigenvalue weighted by Crippen LogP contribution is -2.26. The van der Waals surface area contributed by atoms with Crippen molar-refractivity contribution in [2.24, 2.45) is 0 Å². The molecule has 7 heteroatoms. The molecule has 0 aliphatic carbocycles. The van der Waals surface area contributed by atoms with Crippen LogP contribution in [0, 0.1) is 11.3 Å². The van der Waals surface area contributed by atoms with E-state index < -0.39 is 0 Å². The molecule has 0 saturated carbocycles. The summed E-state index contributed by atoms with van der Waals surface area (Å²) in [5, 5.41) is 17.3. The van der Waals surface area contributed by atoms with Gasteiger partial charge in [-0.2, -0.15) is 10.4 Å². The van der Waals surface area contributed by atoms with Gasteiger partial charge in [0, 0.05) is 37.0 Å². The zero-order valence-corrected chi connectivity index (χ0v) is 12.9. The Labute approximate surface area is 138 Å². The number of hydrogen-bond donors (Lipinski definition) is 1. The highest BCUT2D eigenvalue weighted by molar-refractivity contribution is 5.96. The first kappa shape index (κ1) is 14.6. The van der Waals surface area contributed by atoms with Crippen LogP contribution in [0.15, 0.2) is 30.7 Å². The highest BCUT2D eigenvalue weighted by Gasteiger charge is 2.20. The summed E-state index contributed by atoms with van der Waals surface area (Å²) < 4.78 is 11.5. The molecule has 0 spiro atoms. The Balaban J connectivity index is 1.77. The number of hydrogen-bond acceptors (Lipinski definition) is 6. The second-order valence-electron chi connectivity index (χ2n) is 5.61. The Morgan fingerprint density at radius 1 is 1.29 bits per heavy atom. The van der Waals surface area contributed by atoms with E-state index in [1.165, 1.54) is 6.20 Å². The standard InChI is InChI=1S/C17H15N5O2/c18-8-11-7-12(10-19-9-11)16-15-14(21-22-16)1-4-20-17(15)24-13-2-5-23-6-3-13/h1,4,7,9-10,13H,2-3,5-6H2,(H,21,22). The number of nitrogens with one attached hydrogen (secondary N) is 1. The largest absolute Gasteiger partial charge is 0.474 e. The Morgan fingerprint density at radius 2 is 2.17 bits per heavy atom. The lowest BCUT2D eigenvalue weighted by Gasteiger charge is -2.23. The number of aromatic nitrogens is 4. The number of aromatic amines is 1.